The number of methoxy groups -OCH3 is 1. The normalized spacial score (nSPS) is 16.0. The Labute approximate surface area is 184 Å². The van der Waals surface area contributed by atoms with Gasteiger partial charge >= 0.3 is 0 Å². The molecule has 1 fully saturated rings. The first kappa shape index (κ1) is 20.4. The summed E-state index contributed by atoms with van der Waals surface area (Å²) in [5, 5.41) is 1.57. The Kier molecular flexibility index (Phi) is 6.14. The number of hydrogen-bond acceptors (Lipinski definition) is 5. The van der Waals surface area contributed by atoms with Gasteiger partial charge in [-0.1, -0.05) is 48.5 Å². The van der Waals surface area contributed by atoms with Crippen molar-refractivity contribution in [3.05, 3.63) is 101 Å². The molecule has 0 aliphatic carbocycles. The van der Waals surface area contributed by atoms with Crippen LogP contribution in [0.4, 0.5) is 5.69 Å². The van der Waals surface area contributed by atoms with E-state index in [1.165, 1.54) is 16.8 Å². The highest BCUT2D eigenvalue weighted by atomic mass is 32.2. The Morgan fingerprint density at radius 2 is 1.61 bits per heavy atom. The highest BCUT2D eigenvalue weighted by Crippen LogP contribution is 2.33. The second-order valence-corrected chi connectivity index (χ2v) is 7.57. The molecule has 3 aromatic rings. The van der Waals surface area contributed by atoms with Gasteiger partial charge in [0.05, 0.1) is 17.7 Å². The van der Waals surface area contributed by atoms with Crippen molar-refractivity contribution in [3.8, 4) is 5.75 Å². The second kappa shape index (κ2) is 9.32. The second-order valence-electron chi connectivity index (χ2n) is 6.56. The predicted molar refractivity (Wildman–Crippen MR) is 123 cm³/mol. The van der Waals surface area contributed by atoms with Crippen molar-refractivity contribution in [2.75, 3.05) is 7.11 Å². The number of ether oxygens (including phenoxy) is 1. The van der Waals surface area contributed by atoms with E-state index in [1.54, 1.807) is 37.5 Å². The third-order valence-electron chi connectivity index (χ3n) is 4.45. The van der Waals surface area contributed by atoms with Crippen molar-refractivity contribution in [2.45, 2.75) is 0 Å². The van der Waals surface area contributed by atoms with Crippen LogP contribution < -0.4 is 10.2 Å². The lowest BCUT2D eigenvalue weighted by Crippen LogP contribution is -2.45. The zero-order valence-electron chi connectivity index (χ0n) is 16.7. The zero-order valence-corrected chi connectivity index (χ0v) is 17.5. The van der Waals surface area contributed by atoms with Gasteiger partial charge in [-0.25, -0.2) is 4.99 Å². The highest BCUT2D eigenvalue weighted by Gasteiger charge is 2.35. The number of para-hydroxylation sites is 1. The lowest BCUT2D eigenvalue weighted by atomic mass is 10.2. The Morgan fingerprint density at radius 3 is 2.26 bits per heavy atom. The molecule has 1 aliphatic rings. The van der Waals surface area contributed by atoms with E-state index < -0.39 is 0 Å². The van der Waals surface area contributed by atoms with E-state index in [-0.39, 0.29) is 11.8 Å². The molecule has 0 unspecified atom stereocenters. The summed E-state index contributed by atoms with van der Waals surface area (Å²) < 4.78 is 5.18. The van der Waals surface area contributed by atoms with Gasteiger partial charge in [-0.05, 0) is 59.8 Å². The van der Waals surface area contributed by atoms with Gasteiger partial charge in [0, 0.05) is 5.56 Å². The number of carbonyl (C=O) groups is 2. The highest BCUT2D eigenvalue weighted by molar-refractivity contribution is 8.18. The lowest BCUT2D eigenvalue weighted by Gasteiger charge is -2.16. The van der Waals surface area contributed by atoms with Gasteiger partial charge in [-0.3, -0.25) is 15.0 Å². The van der Waals surface area contributed by atoms with Crippen molar-refractivity contribution in [1.82, 2.24) is 10.4 Å². The van der Waals surface area contributed by atoms with Gasteiger partial charge in [-0.15, -0.1) is 0 Å². The molecule has 1 N–H and O–H groups in total. The van der Waals surface area contributed by atoms with E-state index in [2.05, 4.69) is 10.4 Å². The number of aliphatic imine (C=N–C) groups is 1. The first-order chi connectivity index (χ1) is 15.1. The Morgan fingerprint density at radius 1 is 0.968 bits per heavy atom. The molecule has 1 aliphatic heterocycles. The summed E-state index contributed by atoms with van der Waals surface area (Å²) in [6.45, 7) is 0. The summed E-state index contributed by atoms with van der Waals surface area (Å²) in [7, 11) is 1.60. The molecule has 0 aromatic heterocycles. The Balaban J connectivity index is 1.65. The number of hydrogen-bond donors (Lipinski definition) is 1. The molecule has 0 bridgehead atoms. The molecule has 1 heterocycles. The molecule has 31 heavy (non-hydrogen) atoms. The minimum atomic E-state index is -0.388. The van der Waals surface area contributed by atoms with Gasteiger partial charge in [0.15, 0.2) is 5.17 Å². The van der Waals surface area contributed by atoms with Gasteiger partial charge in [-0.2, -0.15) is 5.01 Å². The largest absolute Gasteiger partial charge is 0.497 e. The van der Waals surface area contributed by atoms with Crippen LogP contribution in [0.3, 0.4) is 0 Å². The van der Waals surface area contributed by atoms with Crippen LogP contribution in [0.1, 0.15) is 15.9 Å². The molecule has 4 rings (SSSR count). The number of rotatable bonds is 5. The molecule has 154 valence electrons. The van der Waals surface area contributed by atoms with E-state index in [4.69, 9.17) is 4.74 Å². The molecular formula is C24H19N3O3S. The molecule has 0 radical (unpaired) electrons. The molecule has 3 aromatic carbocycles. The van der Waals surface area contributed by atoms with Gasteiger partial charge in [0.1, 0.15) is 5.75 Å². The molecule has 2 amide bonds. The Bertz CT molecular complexity index is 1140. The first-order valence-electron chi connectivity index (χ1n) is 9.52. The molecule has 7 heteroatoms. The van der Waals surface area contributed by atoms with Crippen LogP contribution in [0.5, 0.6) is 5.75 Å². The standard InChI is InChI=1S/C24H19N3O3S/c1-30-20-14-12-17(13-15-20)16-21-23(29)27(26-22(28)18-8-4-2-5-9-18)24(31-21)25-19-10-6-3-7-11-19/h2-16H,1H3,(H,26,28). The summed E-state index contributed by atoms with van der Waals surface area (Å²) in [6, 6.07) is 25.4. The van der Waals surface area contributed by atoms with Crippen molar-refractivity contribution in [3.63, 3.8) is 0 Å². The number of benzene rings is 3. The monoisotopic (exact) mass is 429 g/mol. The smallest absolute Gasteiger partial charge is 0.285 e. The van der Waals surface area contributed by atoms with Crippen LogP contribution in [0.2, 0.25) is 0 Å². The Hall–Kier alpha value is -3.84. The zero-order chi connectivity index (χ0) is 21.6. The minimum absolute atomic E-state index is 0.347. The van der Waals surface area contributed by atoms with Crippen LogP contribution in [0, 0.1) is 0 Å². The number of amidine groups is 1. The average molecular weight is 430 g/mol. The molecule has 1 saturated heterocycles. The van der Waals surface area contributed by atoms with Crippen LogP contribution in [0.15, 0.2) is 94.8 Å². The van der Waals surface area contributed by atoms with E-state index >= 15 is 0 Å². The molecule has 0 saturated carbocycles. The van der Waals surface area contributed by atoms with Crippen LogP contribution >= 0.6 is 11.8 Å². The topological polar surface area (TPSA) is 71.0 Å². The number of hydrazine groups is 1. The number of nitrogens with one attached hydrogen (secondary N) is 1. The fraction of sp³-hybridized carbons (Fsp3) is 0.0417. The third-order valence-corrected chi connectivity index (χ3v) is 5.42. The van der Waals surface area contributed by atoms with Crippen LogP contribution in [0.25, 0.3) is 6.08 Å². The maximum Gasteiger partial charge on any atom is 0.285 e. The van der Waals surface area contributed by atoms with Crippen LogP contribution in [-0.2, 0) is 4.79 Å². The van der Waals surface area contributed by atoms with E-state index in [0.29, 0.717) is 21.3 Å². The maximum absolute atomic E-state index is 13.1. The minimum Gasteiger partial charge on any atom is -0.497 e. The molecule has 0 atom stereocenters. The molecular weight excluding hydrogens is 410 g/mol. The number of amides is 2. The summed E-state index contributed by atoms with van der Waals surface area (Å²) in [5.41, 5.74) is 4.66. The fourth-order valence-electron chi connectivity index (χ4n) is 2.87. The predicted octanol–water partition coefficient (Wildman–Crippen LogP) is 4.64. The van der Waals surface area contributed by atoms with E-state index in [0.717, 1.165) is 11.3 Å². The maximum atomic E-state index is 13.1. The summed E-state index contributed by atoms with van der Waals surface area (Å²) >= 11 is 1.21. The number of thioether (sulfide) groups is 1. The van der Waals surface area contributed by atoms with Crippen molar-refractivity contribution in [2.24, 2.45) is 4.99 Å². The van der Waals surface area contributed by atoms with E-state index in [9.17, 15) is 9.59 Å². The first-order valence-corrected chi connectivity index (χ1v) is 10.3. The van der Waals surface area contributed by atoms with Crippen molar-refractivity contribution < 1.29 is 14.3 Å². The third kappa shape index (κ3) is 4.84. The van der Waals surface area contributed by atoms with Crippen molar-refractivity contribution >= 4 is 40.5 Å². The van der Waals surface area contributed by atoms with Gasteiger partial charge in [0.25, 0.3) is 11.8 Å². The number of carbonyl (C=O) groups excluding carboxylic acids is 2. The van der Waals surface area contributed by atoms with Gasteiger partial charge < -0.3 is 4.74 Å². The van der Waals surface area contributed by atoms with Crippen molar-refractivity contribution in [1.29, 1.82) is 0 Å². The average Bonchev–Trinajstić information content (AvgIpc) is 3.09. The summed E-state index contributed by atoms with van der Waals surface area (Å²) in [5.74, 6) is -0.00331. The SMILES string of the molecule is COc1ccc(C=C2SC(=Nc3ccccc3)N(NC(=O)c3ccccc3)C2=O)cc1. The molecule has 6 nitrogen and oxygen atoms in total. The van der Waals surface area contributed by atoms with E-state index in [1.807, 2.05) is 60.7 Å². The quantitative estimate of drug-likeness (QED) is 0.600. The lowest BCUT2D eigenvalue weighted by molar-refractivity contribution is -0.123. The molecule has 0 spiro atoms. The number of nitrogens with zero attached hydrogens (tertiary/aromatic N) is 2. The van der Waals surface area contributed by atoms with Crippen LogP contribution in [-0.4, -0.2) is 29.1 Å². The summed E-state index contributed by atoms with van der Waals surface area (Å²) in [4.78, 5) is 30.8. The van der Waals surface area contributed by atoms with Gasteiger partial charge in [0.2, 0.25) is 0 Å². The fourth-order valence-corrected chi connectivity index (χ4v) is 3.81. The summed E-state index contributed by atoms with van der Waals surface area (Å²) in [6.07, 6.45) is 1.77.